The molecule has 1 aliphatic heterocycles. The normalized spacial score (nSPS) is 18.1. The van der Waals surface area contributed by atoms with Crippen LogP contribution in [0.25, 0.3) is 21.8 Å². The molecule has 0 unspecified atom stereocenters. The molecule has 8 heteroatoms. The predicted octanol–water partition coefficient (Wildman–Crippen LogP) is 5.25. The molecule has 3 aromatic heterocycles. The van der Waals surface area contributed by atoms with Crippen molar-refractivity contribution in [3.8, 4) is 0 Å². The van der Waals surface area contributed by atoms with Crippen molar-refractivity contribution in [2.24, 2.45) is 0 Å². The van der Waals surface area contributed by atoms with Crippen LogP contribution in [0.1, 0.15) is 62.0 Å². The molecule has 2 aliphatic rings. The van der Waals surface area contributed by atoms with E-state index in [2.05, 4.69) is 52.8 Å². The second-order valence-electron chi connectivity index (χ2n) is 11.1. The lowest BCUT2D eigenvalue weighted by Gasteiger charge is -2.35. The number of para-hydroxylation sites is 1. The molecule has 0 bridgehead atoms. The van der Waals surface area contributed by atoms with Crippen molar-refractivity contribution in [3.05, 3.63) is 71.8 Å². The monoisotopic (exact) mass is 557 g/mol. The van der Waals surface area contributed by atoms with E-state index in [0.29, 0.717) is 24.6 Å². The van der Waals surface area contributed by atoms with E-state index in [1.807, 2.05) is 23.4 Å². The molecule has 1 fully saturated rings. The number of aryl methyl sites for hydroxylation is 1. The molecule has 4 aromatic rings. The van der Waals surface area contributed by atoms with Crippen LogP contribution in [0, 0.1) is 0 Å². The molecule has 4 heterocycles. The van der Waals surface area contributed by atoms with Crippen LogP contribution in [-0.2, 0) is 35.5 Å². The Morgan fingerprint density at radius 2 is 1.90 bits per heavy atom. The Kier molecular flexibility index (Phi) is 8.37. The summed E-state index contributed by atoms with van der Waals surface area (Å²) in [6.07, 6.45) is 10.7. The SMILES string of the molecule is CCCCCN(Cc1nccc2c3ccccc3n(CC(=O)N3CC[S+]([O-])CC3)c12)[C@H]1CCCc2cccnc21. The van der Waals surface area contributed by atoms with Gasteiger partial charge in [0.25, 0.3) is 0 Å². The summed E-state index contributed by atoms with van der Waals surface area (Å²) in [6.45, 7) is 5.35. The van der Waals surface area contributed by atoms with Gasteiger partial charge in [0.15, 0.2) is 0 Å². The van der Waals surface area contributed by atoms with Crippen molar-refractivity contribution in [3.63, 3.8) is 0 Å². The summed E-state index contributed by atoms with van der Waals surface area (Å²) in [5.74, 6) is 1.21. The topological polar surface area (TPSA) is 77.3 Å². The van der Waals surface area contributed by atoms with Gasteiger partial charge in [0.05, 0.1) is 36.0 Å². The highest BCUT2D eigenvalue weighted by molar-refractivity contribution is 7.91. The van der Waals surface area contributed by atoms with Gasteiger partial charge in [-0.2, -0.15) is 0 Å². The molecule has 1 saturated heterocycles. The molecule has 1 aromatic carbocycles. The molecule has 6 rings (SSSR count). The summed E-state index contributed by atoms with van der Waals surface area (Å²) in [5, 5.41) is 2.29. The minimum Gasteiger partial charge on any atom is -0.616 e. The number of pyridine rings is 2. The van der Waals surface area contributed by atoms with Gasteiger partial charge in [-0.15, -0.1) is 0 Å². The largest absolute Gasteiger partial charge is 0.616 e. The van der Waals surface area contributed by atoms with Gasteiger partial charge >= 0.3 is 0 Å². The Morgan fingerprint density at radius 1 is 1.05 bits per heavy atom. The highest BCUT2D eigenvalue weighted by Crippen LogP contribution is 2.36. The summed E-state index contributed by atoms with van der Waals surface area (Å²) in [4.78, 5) is 27.8. The molecule has 40 heavy (non-hydrogen) atoms. The van der Waals surface area contributed by atoms with Crippen molar-refractivity contribution in [1.29, 1.82) is 0 Å². The average Bonchev–Trinajstić information content (AvgIpc) is 3.31. The Balaban J connectivity index is 1.39. The number of carbonyl (C=O) groups is 1. The Labute approximate surface area is 239 Å². The summed E-state index contributed by atoms with van der Waals surface area (Å²) < 4.78 is 14.1. The molecule has 0 saturated carbocycles. The first-order valence-corrected chi connectivity index (χ1v) is 16.3. The van der Waals surface area contributed by atoms with Crippen LogP contribution >= 0.6 is 0 Å². The molecule has 1 aliphatic carbocycles. The fraction of sp³-hybridized carbons (Fsp3) is 0.469. The third-order valence-electron chi connectivity index (χ3n) is 8.59. The van der Waals surface area contributed by atoms with Crippen LogP contribution < -0.4 is 0 Å². The number of carbonyl (C=O) groups excluding carboxylic acids is 1. The average molecular weight is 558 g/mol. The molecule has 7 nitrogen and oxygen atoms in total. The van der Waals surface area contributed by atoms with Crippen LogP contribution in [0.5, 0.6) is 0 Å². The van der Waals surface area contributed by atoms with E-state index >= 15 is 0 Å². The minimum atomic E-state index is -0.815. The van der Waals surface area contributed by atoms with Crippen molar-refractivity contribution >= 4 is 38.9 Å². The summed E-state index contributed by atoms with van der Waals surface area (Å²) in [7, 11) is 0. The molecule has 0 spiro atoms. The van der Waals surface area contributed by atoms with Crippen LogP contribution in [0.3, 0.4) is 0 Å². The summed E-state index contributed by atoms with van der Waals surface area (Å²) in [5.41, 5.74) is 5.71. The van der Waals surface area contributed by atoms with Crippen LogP contribution in [0.4, 0.5) is 0 Å². The summed E-state index contributed by atoms with van der Waals surface area (Å²) in [6, 6.07) is 15.0. The number of aromatic nitrogens is 3. The van der Waals surface area contributed by atoms with Gasteiger partial charge in [0.2, 0.25) is 5.91 Å². The number of benzene rings is 1. The fourth-order valence-electron chi connectivity index (χ4n) is 6.52. The molecular weight excluding hydrogens is 518 g/mol. The Morgan fingerprint density at radius 3 is 2.75 bits per heavy atom. The van der Waals surface area contributed by atoms with Crippen molar-refractivity contribution in [1.82, 2.24) is 24.3 Å². The van der Waals surface area contributed by atoms with E-state index in [4.69, 9.17) is 9.97 Å². The lowest BCUT2D eigenvalue weighted by atomic mass is 9.90. The number of amides is 1. The van der Waals surface area contributed by atoms with Gasteiger partial charge in [-0.05, 0) is 56.0 Å². The number of hydrogen-bond acceptors (Lipinski definition) is 5. The zero-order valence-electron chi connectivity index (χ0n) is 23.4. The first-order valence-electron chi connectivity index (χ1n) is 14.8. The molecule has 0 radical (unpaired) electrons. The lowest BCUT2D eigenvalue weighted by molar-refractivity contribution is -0.131. The molecule has 1 atom stereocenters. The van der Waals surface area contributed by atoms with Crippen molar-refractivity contribution in [2.45, 2.75) is 64.6 Å². The van der Waals surface area contributed by atoms with Gasteiger partial charge < -0.3 is 14.0 Å². The number of rotatable bonds is 9. The van der Waals surface area contributed by atoms with Gasteiger partial charge in [-0.1, -0.05) is 55.2 Å². The quantitative estimate of drug-likeness (QED) is 0.208. The molecule has 1 amide bonds. The van der Waals surface area contributed by atoms with E-state index in [0.717, 1.165) is 59.9 Å². The van der Waals surface area contributed by atoms with Crippen LogP contribution in [0.15, 0.2) is 54.9 Å². The molecule has 0 N–H and O–H groups in total. The predicted molar refractivity (Wildman–Crippen MR) is 162 cm³/mol. The minimum absolute atomic E-state index is 0.0827. The van der Waals surface area contributed by atoms with Gasteiger partial charge in [-0.3, -0.25) is 19.7 Å². The smallest absolute Gasteiger partial charge is 0.242 e. The fourth-order valence-corrected chi connectivity index (χ4v) is 7.57. The second-order valence-corrected chi connectivity index (χ2v) is 12.8. The van der Waals surface area contributed by atoms with E-state index in [1.165, 1.54) is 30.5 Å². The zero-order valence-corrected chi connectivity index (χ0v) is 24.2. The standard InChI is InChI=1S/C32H39N5O2S/c1-2-3-6-17-36(29-13-7-9-24-10-8-15-34-31(24)29)22-27-32-26(14-16-33-27)25-11-4-5-12-28(25)37(32)23-30(38)35-18-20-40(39)21-19-35/h4-5,8,10-12,14-16,29H,2-3,6-7,9,13,17-23H2,1H3/t29-/m0/s1. The first-order chi connectivity index (χ1) is 19.6. The van der Waals surface area contributed by atoms with Crippen molar-refractivity contribution in [2.75, 3.05) is 31.1 Å². The van der Waals surface area contributed by atoms with Gasteiger partial charge in [0, 0.05) is 35.2 Å². The summed E-state index contributed by atoms with van der Waals surface area (Å²) >= 11 is -0.815. The third-order valence-corrected chi connectivity index (χ3v) is 9.86. The zero-order chi connectivity index (χ0) is 27.5. The van der Waals surface area contributed by atoms with E-state index < -0.39 is 11.2 Å². The molecule has 210 valence electrons. The van der Waals surface area contributed by atoms with E-state index in [1.54, 1.807) is 0 Å². The lowest BCUT2D eigenvalue weighted by Crippen LogP contribution is -2.45. The third kappa shape index (κ3) is 5.49. The van der Waals surface area contributed by atoms with Gasteiger partial charge in [0.1, 0.15) is 18.1 Å². The first kappa shape index (κ1) is 27.2. The maximum atomic E-state index is 13.5. The maximum Gasteiger partial charge on any atom is 0.242 e. The highest BCUT2D eigenvalue weighted by Gasteiger charge is 2.29. The number of hydrogen-bond donors (Lipinski definition) is 0. The maximum absolute atomic E-state index is 13.5. The van der Waals surface area contributed by atoms with Crippen molar-refractivity contribution < 1.29 is 9.35 Å². The van der Waals surface area contributed by atoms with Crippen LogP contribution in [0.2, 0.25) is 0 Å². The number of nitrogens with zero attached hydrogens (tertiary/aromatic N) is 5. The molecular formula is C32H39N5O2S. The van der Waals surface area contributed by atoms with Gasteiger partial charge in [-0.25, -0.2) is 0 Å². The van der Waals surface area contributed by atoms with E-state index in [9.17, 15) is 9.35 Å². The Bertz CT molecular complexity index is 1480. The van der Waals surface area contributed by atoms with E-state index in [-0.39, 0.29) is 18.5 Å². The Hall–Kier alpha value is -2.94. The second kappa shape index (κ2) is 12.3. The number of fused-ring (bicyclic) bond motifs is 4. The van der Waals surface area contributed by atoms with Crippen LogP contribution in [-0.4, -0.2) is 65.9 Å². The number of unbranched alkanes of at least 4 members (excludes halogenated alkanes) is 2. The highest BCUT2D eigenvalue weighted by atomic mass is 32.2.